The van der Waals surface area contributed by atoms with Crippen molar-refractivity contribution in [2.75, 3.05) is 0 Å². The van der Waals surface area contributed by atoms with E-state index in [2.05, 4.69) is 10.2 Å². The third-order valence-electron chi connectivity index (χ3n) is 5.01. The van der Waals surface area contributed by atoms with Crippen molar-refractivity contribution in [1.29, 1.82) is 0 Å². The van der Waals surface area contributed by atoms with Gasteiger partial charge in [-0.3, -0.25) is 9.89 Å². The van der Waals surface area contributed by atoms with E-state index in [4.69, 9.17) is 9.84 Å². The lowest BCUT2D eigenvalue weighted by Gasteiger charge is -2.20. The van der Waals surface area contributed by atoms with Gasteiger partial charge in [0.05, 0.1) is 11.7 Å². The molecule has 1 aromatic heterocycles. The number of carboxylic acids is 1. The summed E-state index contributed by atoms with van der Waals surface area (Å²) >= 11 is 0. The van der Waals surface area contributed by atoms with E-state index in [0.717, 1.165) is 22.0 Å². The van der Waals surface area contributed by atoms with Crippen LogP contribution in [0.5, 0.6) is 5.75 Å². The van der Waals surface area contributed by atoms with E-state index in [1.165, 1.54) is 6.07 Å². The first-order chi connectivity index (χ1) is 14.6. The molecule has 0 spiro atoms. The van der Waals surface area contributed by atoms with Crippen molar-refractivity contribution in [3.63, 3.8) is 0 Å². The normalized spacial score (nSPS) is 12.0. The largest absolute Gasteiger partial charge is 0.485 e. The highest BCUT2D eigenvalue weighted by Gasteiger charge is 2.17. The molecule has 0 bridgehead atoms. The molecule has 0 amide bonds. The van der Waals surface area contributed by atoms with Gasteiger partial charge in [-0.1, -0.05) is 48.5 Å². The molecule has 0 aliphatic carbocycles. The van der Waals surface area contributed by atoms with Gasteiger partial charge in [-0.15, -0.1) is 0 Å². The van der Waals surface area contributed by atoms with Gasteiger partial charge in [0.1, 0.15) is 17.7 Å². The summed E-state index contributed by atoms with van der Waals surface area (Å²) in [4.78, 5) is 10.7. The number of fused-ring (bicyclic) bond motifs is 1. The first-order valence-corrected chi connectivity index (χ1v) is 9.72. The summed E-state index contributed by atoms with van der Waals surface area (Å²) < 4.78 is 20.7. The molecule has 0 radical (unpaired) electrons. The number of rotatable bonds is 8. The number of hydrogen-bond donors (Lipinski definition) is 2. The summed E-state index contributed by atoms with van der Waals surface area (Å²) in [6.07, 6.45) is 2.08. The number of aryl methyl sites for hydroxylation is 1. The second-order valence-electron chi connectivity index (χ2n) is 7.16. The fourth-order valence-electron chi connectivity index (χ4n) is 3.42. The van der Waals surface area contributed by atoms with E-state index >= 15 is 0 Å². The van der Waals surface area contributed by atoms with Crippen LogP contribution in [0.3, 0.4) is 0 Å². The second kappa shape index (κ2) is 8.78. The first kappa shape index (κ1) is 19.6. The maximum atomic E-state index is 14.5. The monoisotopic (exact) mass is 404 g/mol. The quantitative estimate of drug-likeness (QED) is 0.429. The average Bonchev–Trinajstić information content (AvgIpc) is 3.21. The zero-order valence-corrected chi connectivity index (χ0v) is 16.2. The van der Waals surface area contributed by atoms with E-state index in [9.17, 15) is 9.18 Å². The Morgan fingerprint density at radius 2 is 1.93 bits per heavy atom. The van der Waals surface area contributed by atoms with Gasteiger partial charge in [0, 0.05) is 24.3 Å². The maximum Gasteiger partial charge on any atom is 0.303 e. The molecule has 1 heterocycles. The molecule has 1 atom stereocenters. The van der Waals surface area contributed by atoms with Crippen LogP contribution >= 0.6 is 0 Å². The Bertz CT molecular complexity index is 1160. The Kier molecular flexibility index (Phi) is 5.75. The van der Waals surface area contributed by atoms with Crippen LogP contribution in [0.25, 0.3) is 10.9 Å². The number of aromatic amines is 1. The Morgan fingerprint density at radius 1 is 1.10 bits per heavy atom. The predicted molar refractivity (Wildman–Crippen MR) is 112 cm³/mol. The van der Waals surface area contributed by atoms with Crippen molar-refractivity contribution in [2.45, 2.75) is 25.4 Å². The lowest BCUT2D eigenvalue weighted by Crippen LogP contribution is -2.11. The highest BCUT2D eigenvalue weighted by atomic mass is 19.1. The fourth-order valence-corrected chi connectivity index (χ4v) is 3.42. The van der Waals surface area contributed by atoms with Crippen LogP contribution in [0.15, 0.2) is 72.9 Å². The smallest absolute Gasteiger partial charge is 0.303 e. The lowest BCUT2D eigenvalue weighted by molar-refractivity contribution is -0.136. The third kappa shape index (κ3) is 4.66. The van der Waals surface area contributed by atoms with Crippen LogP contribution in [0, 0.1) is 5.82 Å². The number of H-pyrrole nitrogens is 1. The molecule has 30 heavy (non-hydrogen) atoms. The molecular formula is C24H21FN2O3. The fraction of sp³-hybridized carbons (Fsp3) is 0.167. The molecule has 1 unspecified atom stereocenters. The van der Waals surface area contributed by atoms with Gasteiger partial charge in [0.2, 0.25) is 0 Å². The molecule has 0 saturated heterocycles. The van der Waals surface area contributed by atoms with E-state index in [0.29, 0.717) is 17.7 Å². The number of halogens is 1. The van der Waals surface area contributed by atoms with Crippen molar-refractivity contribution in [1.82, 2.24) is 10.2 Å². The molecule has 6 heteroatoms. The van der Waals surface area contributed by atoms with Gasteiger partial charge in [0.15, 0.2) is 0 Å². The van der Waals surface area contributed by atoms with Gasteiger partial charge in [-0.25, -0.2) is 4.39 Å². The zero-order valence-electron chi connectivity index (χ0n) is 16.2. The van der Waals surface area contributed by atoms with Crippen LogP contribution in [-0.2, 0) is 17.6 Å². The van der Waals surface area contributed by atoms with Crippen LogP contribution in [0.4, 0.5) is 4.39 Å². The average molecular weight is 404 g/mol. The summed E-state index contributed by atoms with van der Waals surface area (Å²) in [7, 11) is 0. The predicted octanol–water partition coefficient (Wildman–Crippen LogP) is 5.08. The van der Waals surface area contributed by atoms with E-state index < -0.39 is 11.8 Å². The minimum atomic E-state index is -0.952. The number of carboxylic acid groups (broad SMARTS) is 1. The minimum absolute atomic E-state index is 0.113. The summed E-state index contributed by atoms with van der Waals surface area (Å²) in [5, 5.41) is 16.8. The first-order valence-electron chi connectivity index (χ1n) is 9.72. The van der Waals surface area contributed by atoms with Crippen LogP contribution < -0.4 is 4.74 Å². The molecule has 0 aliphatic heterocycles. The Hall–Kier alpha value is -3.67. The molecular weight excluding hydrogens is 383 g/mol. The molecule has 2 N–H and O–H groups in total. The van der Waals surface area contributed by atoms with Crippen molar-refractivity contribution in [3.8, 4) is 5.75 Å². The van der Waals surface area contributed by atoms with Crippen molar-refractivity contribution >= 4 is 16.9 Å². The minimum Gasteiger partial charge on any atom is -0.485 e. The number of ether oxygens (including phenoxy) is 1. The molecule has 0 aliphatic rings. The number of nitrogens with zero attached hydrogens (tertiary/aromatic N) is 1. The molecule has 0 fully saturated rings. The SMILES string of the molecule is O=C(O)CCc1ccc(OC(Cc2ccccc2)c2ccc3cn[nH]c3c2)cc1F. The number of hydrogen-bond acceptors (Lipinski definition) is 3. The molecule has 4 aromatic rings. The van der Waals surface area contributed by atoms with Gasteiger partial charge >= 0.3 is 5.97 Å². The highest BCUT2D eigenvalue weighted by Crippen LogP contribution is 2.29. The Labute approximate surface area is 173 Å². The topological polar surface area (TPSA) is 75.2 Å². The van der Waals surface area contributed by atoms with Crippen LogP contribution in [0.2, 0.25) is 0 Å². The molecule has 152 valence electrons. The summed E-state index contributed by atoms with van der Waals surface area (Å²) in [5.41, 5.74) is 3.32. The molecule has 5 nitrogen and oxygen atoms in total. The van der Waals surface area contributed by atoms with Gasteiger partial charge in [-0.05, 0) is 35.2 Å². The van der Waals surface area contributed by atoms with E-state index in [1.54, 1.807) is 18.3 Å². The van der Waals surface area contributed by atoms with Crippen molar-refractivity contribution in [3.05, 3.63) is 95.4 Å². The molecule has 3 aromatic carbocycles. The number of benzene rings is 3. The molecule has 4 rings (SSSR count). The third-order valence-corrected chi connectivity index (χ3v) is 5.01. The lowest BCUT2D eigenvalue weighted by atomic mass is 10.00. The van der Waals surface area contributed by atoms with Gasteiger partial charge in [-0.2, -0.15) is 5.10 Å². The van der Waals surface area contributed by atoms with Crippen LogP contribution in [0.1, 0.15) is 29.2 Å². The summed E-state index contributed by atoms with van der Waals surface area (Å²) in [6, 6.07) is 20.5. The van der Waals surface area contributed by atoms with E-state index in [1.807, 2.05) is 48.5 Å². The zero-order chi connectivity index (χ0) is 20.9. The standard InChI is InChI=1S/C24H21FN2O3/c25-21-14-20(10-8-17(21)9-11-24(28)29)30-23(12-16-4-2-1-3-5-16)18-6-7-19-15-26-27-22(19)13-18/h1-8,10,13-15,23H,9,11-12H2,(H,26,27)(H,28,29). The van der Waals surface area contributed by atoms with Crippen molar-refractivity contribution in [2.24, 2.45) is 0 Å². The number of carbonyl (C=O) groups is 1. The van der Waals surface area contributed by atoms with Gasteiger partial charge < -0.3 is 9.84 Å². The Morgan fingerprint density at radius 3 is 2.70 bits per heavy atom. The summed E-state index contributed by atoms with van der Waals surface area (Å²) in [6.45, 7) is 0. The van der Waals surface area contributed by atoms with Crippen molar-refractivity contribution < 1.29 is 19.0 Å². The Balaban J connectivity index is 1.60. The summed E-state index contributed by atoms with van der Waals surface area (Å²) in [5.74, 6) is -1.01. The van der Waals surface area contributed by atoms with E-state index in [-0.39, 0.29) is 18.9 Å². The number of aromatic nitrogens is 2. The van der Waals surface area contributed by atoms with Gasteiger partial charge in [0.25, 0.3) is 0 Å². The van der Waals surface area contributed by atoms with Crippen LogP contribution in [-0.4, -0.2) is 21.3 Å². The number of aliphatic carboxylic acids is 1. The second-order valence-corrected chi connectivity index (χ2v) is 7.16. The molecule has 0 saturated carbocycles. The highest BCUT2D eigenvalue weighted by molar-refractivity contribution is 5.78. The maximum absolute atomic E-state index is 14.5. The number of nitrogens with one attached hydrogen (secondary N) is 1.